The van der Waals surface area contributed by atoms with Crippen LogP contribution in [0.3, 0.4) is 0 Å². The Labute approximate surface area is 254 Å². The number of carbonyl (C=O) groups is 4. The summed E-state index contributed by atoms with van der Waals surface area (Å²) in [6.07, 6.45) is 1.57. The number of para-hydroxylation sites is 1. The normalized spacial score (nSPS) is 16.0. The van der Waals surface area contributed by atoms with E-state index in [1.807, 2.05) is 55.5 Å². The number of ether oxygens (including phenoxy) is 2. The summed E-state index contributed by atoms with van der Waals surface area (Å²) in [7, 11) is 1.47. The van der Waals surface area contributed by atoms with E-state index >= 15 is 0 Å². The van der Waals surface area contributed by atoms with Crippen LogP contribution in [0.1, 0.15) is 11.1 Å². The van der Waals surface area contributed by atoms with Crippen molar-refractivity contribution in [2.24, 2.45) is 0 Å². The third-order valence-corrected chi connectivity index (χ3v) is 7.97. The minimum absolute atomic E-state index is 0.208. The molecule has 2 heterocycles. The lowest BCUT2D eigenvalue weighted by atomic mass is 10.2. The van der Waals surface area contributed by atoms with Crippen molar-refractivity contribution in [3.05, 3.63) is 88.8 Å². The number of carbonyl (C=O) groups excluding carboxylic acids is 4. The predicted molar refractivity (Wildman–Crippen MR) is 166 cm³/mol. The minimum Gasteiger partial charge on any atom is -0.493 e. The molecule has 4 amide bonds. The molecule has 0 radical (unpaired) electrons. The van der Waals surface area contributed by atoms with E-state index in [4.69, 9.17) is 9.47 Å². The van der Waals surface area contributed by atoms with Gasteiger partial charge in [0.15, 0.2) is 18.1 Å². The first-order chi connectivity index (χ1) is 20.8. The Kier molecular flexibility index (Phi) is 9.31. The highest BCUT2D eigenvalue weighted by Gasteiger charge is 2.37. The highest BCUT2D eigenvalue weighted by atomic mass is 32.2. The maximum Gasteiger partial charge on any atom is 0.294 e. The highest BCUT2D eigenvalue weighted by molar-refractivity contribution is 8.18. The molecule has 0 aromatic heterocycles. The molecule has 11 heteroatoms. The number of nitrogens with zero attached hydrogens (tertiary/aromatic N) is 3. The number of thioether (sulfide) groups is 1. The van der Waals surface area contributed by atoms with E-state index in [0.717, 1.165) is 27.9 Å². The largest absolute Gasteiger partial charge is 0.493 e. The molecule has 2 aliphatic rings. The molecule has 3 aromatic rings. The number of hydrogen-bond donors (Lipinski definition) is 1. The van der Waals surface area contributed by atoms with Crippen LogP contribution in [0.15, 0.2) is 77.7 Å². The smallest absolute Gasteiger partial charge is 0.294 e. The Balaban J connectivity index is 1.16. The van der Waals surface area contributed by atoms with E-state index in [0.29, 0.717) is 48.9 Å². The molecule has 1 N–H and O–H groups in total. The van der Waals surface area contributed by atoms with Gasteiger partial charge in [-0.25, -0.2) is 0 Å². The van der Waals surface area contributed by atoms with Crippen molar-refractivity contribution in [1.29, 1.82) is 0 Å². The van der Waals surface area contributed by atoms with Crippen LogP contribution in [0.5, 0.6) is 11.5 Å². The van der Waals surface area contributed by atoms with E-state index in [9.17, 15) is 19.2 Å². The number of rotatable bonds is 9. The standard InChI is InChI=1S/C32H32N4O6S/c1-22-7-6-8-24(17-22)33-29(37)21-42-26-12-11-23(18-27(26)41-2)19-28-31(39)36(32(40)43-28)20-30(38)35-15-13-34(14-16-35)25-9-4-3-5-10-25/h3-12,17-19H,13-16,20-21H2,1-2H3,(H,33,37)/b28-19+. The van der Waals surface area contributed by atoms with Gasteiger partial charge in [-0.2, -0.15) is 0 Å². The molecule has 222 valence electrons. The molecule has 2 aliphatic heterocycles. The first-order valence-electron chi connectivity index (χ1n) is 13.8. The van der Waals surface area contributed by atoms with Crippen molar-refractivity contribution < 1.29 is 28.7 Å². The van der Waals surface area contributed by atoms with Crippen molar-refractivity contribution in [3.8, 4) is 11.5 Å². The summed E-state index contributed by atoms with van der Waals surface area (Å²) >= 11 is 0.791. The maximum atomic E-state index is 13.1. The van der Waals surface area contributed by atoms with Gasteiger partial charge in [0.25, 0.3) is 17.1 Å². The van der Waals surface area contributed by atoms with Gasteiger partial charge in [0.2, 0.25) is 5.91 Å². The summed E-state index contributed by atoms with van der Waals surface area (Å²) in [5.74, 6) is -0.381. The molecule has 2 fully saturated rings. The Hall–Kier alpha value is -4.77. The van der Waals surface area contributed by atoms with Crippen molar-refractivity contribution in [2.45, 2.75) is 6.92 Å². The number of amides is 4. The number of imide groups is 1. The van der Waals surface area contributed by atoms with Gasteiger partial charge in [-0.15, -0.1) is 0 Å². The summed E-state index contributed by atoms with van der Waals surface area (Å²) in [5.41, 5.74) is 3.41. The van der Waals surface area contributed by atoms with Gasteiger partial charge in [0.05, 0.1) is 12.0 Å². The molecule has 0 unspecified atom stereocenters. The molecular weight excluding hydrogens is 568 g/mol. The lowest BCUT2D eigenvalue weighted by Crippen LogP contribution is -2.51. The average molecular weight is 601 g/mol. The second-order valence-electron chi connectivity index (χ2n) is 10.1. The van der Waals surface area contributed by atoms with Crippen LogP contribution in [0.2, 0.25) is 0 Å². The maximum absolute atomic E-state index is 13.1. The van der Waals surface area contributed by atoms with Gasteiger partial charge in [-0.1, -0.05) is 36.4 Å². The van der Waals surface area contributed by atoms with Crippen molar-refractivity contribution in [2.75, 3.05) is 56.7 Å². The number of piperazine rings is 1. The van der Waals surface area contributed by atoms with E-state index < -0.39 is 11.1 Å². The highest BCUT2D eigenvalue weighted by Crippen LogP contribution is 2.34. The number of benzene rings is 3. The van der Waals surface area contributed by atoms with Crippen LogP contribution in [0.4, 0.5) is 16.2 Å². The predicted octanol–water partition coefficient (Wildman–Crippen LogP) is 4.41. The molecule has 2 saturated heterocycles. The van der Waals surface area contributed by atoms with Crippen molar-refractivity contribution in [1.82, 2.24) is 9.80 Å². The van der Waals surface area contributed by atoms with Gasteiger partial charge in [-0.05, 0) is 72.3 Å². The fourth-order valence-electron chi connectivity index (χ4n) is 4.83. The quantitative estimate of drug-likeness (QED) is 0.360. The zero-order valence-corrected chi connectivity index (χ0v) is 24.8. The van der Waals surface area contributed by atoms with Crippen molar-refractivity contribution in [3.63, 3.8) is 0 Å². The summed E-state index contributed by atoms with van der Waals surface area (Å²) < 4.78 is 11.1. The van der Waals surface area contributed by atoms with Gasteiger partial charge >= 0.3 is 0 Å². The topological polar surface area (TPSA) is 108 Å². The fourth-order valence-corrected chi connectivity index (χ4v) is 5.67. The number of anilines is 2. The van der Waals surface area contributed by atoms with Gasteiger partial charge in [0, 0.05) is 37.6 Å². The molecule has 43 heavy (non-hydrogen) atoms. The average Bonchev–Trinajstić information content (AvgIpc) is 3.27. The Morgan fingerprint density at radius 2 is 1.70 bits per heavy atom. The zero-order valence-electron chi connectivity index (χ0n) is 23.9. The Morgan fingerprint density at radius 3 is 2.42 bits per heavy atom. The number of methoxy groups -OCH3 is 1. The number of aryl methyl sites for hydroxylation is 1. The molecule has 5 rings (SSSR count). The lowest BCUT2D eigenvalue weighted by Gasteiger charge is -2.36. The van der Waals surface area contributed by atoms with E-state index in [-0.39, 0.29) is 29.9 Å². The Morgan fingerprint density at radius 1 is 0.930 bits per heavy atom. The van der Waals surface area contributed by atoms with Gasteiger partial charge in [-0.3, -0.25) is 24.1 Å². The van der Waals surface area contributed by atoms with Crippen LogP contribution in [-0.4, -0.2) is 79.2 Å². The summed E-state index contributed by atoms with van der Waals surface area (Å²) in [5, 5.41) is 2.30. The number of hydrogen-bond acceptors (Lipinski definition) is 8. The molecule has 0 saturated carbocycles. The first kappa shape index (κ1) is 29.7. The number of nitrogens with one attached hydrogen (secondary N) is 1. The molecular formula is C32H32N4O6S. The third-order valence-electron chi connectivity index (χ3n) is 7.07. The molecule has 0 atom stereocenters. The molecule has 0 bridgehead atoms. The zero-order chi connectivity index (χ0) is 30.3. The summed E-state index contributed by atoms with van der Waals surface area (Å²) in [6, 6.07) is 22.4. The van der Waals surface area contributed by atoms with Gasteiger partial charge in [0.1, 0.15) is 6.54 Å². The van der Waals surface area contributed by atoms with E-state index in [2.05, 4.69) is 10.2 Å². The van der Waals surface area contributed by atoms with Crippen LogP contribution in [0, 0.1) is 6.92 Å². The van der Waals surface area contributed by atoms with E-state index in [1.165, 1.54) is 7.11 Å². The summed E-state index contributed by atoms with van der Waals surface area (Å²) in [4.78, 5) is 56.2. The first-order valence-corrected chi connectivity index (χ1v) is 14.6. The van der Waals surface area contributed by atoms with Gasteiger partial charge < -0.3 is 24.6 Å². The van der Waals surface area contributed by atoms with Crippen LogP contribution >= 0.6 is 11.8 Å². The molecule has 0 aliphatic carbocycles. The monoisotopic (exact) mass is 600 g/mol. The second kappa shape index (κ2) is 13.5. The fraction of sp³-hybridized carbons (Fsp3) is 0.250. The Bertz CT molecular complexity index is 1550. The minimum atomic E-state index is -0.515. The van der Waals surface area contributed by atoms with Crippen LogP contribution in [-0.2, 0) is 14.4 Å². The van der Waals surface area contributed by atoms with Crippen molar-refractivity contribution >= 4 is 52.2 Å². The second-order valence-corrected chi connectivity index (χ2v) is 11.1. The molecule has 10 nitrogen and oxygen atoms in total. The SMILES string of the molecule is COc1cc(/C=C2/SC(=O)N(CC(=O)N3CCN(c4ccccc4)CC3)C2=O)ccc1OCC(=O)Nc1cccc(C)c1. The molecule has 0 spiro atoms. The molecule has 3 aromatic carbocycles. The lowest BCUT2D eigenvalue weighted by molar-refractivity contribution is -0.136. The van der Waals surface area contributed by atoms with Crippen LogP contribution in [0.25, 0.3) is 6.08 Å². The summed E-state index contributed by atoms with van der Waals surface area (Å²) in [6.45, 7) is 3.80. The van der Waals surface area contributed by atoms with Crippen LogP contribution < -0.4 is 19.7 Å². The third kappa shape index (κ3) is 7.36. The van der Waals surface area contributed by atoms with E-state index in [1.54, 1.807) is 35.2 Å².